The van der Waals surface area contributed by atoms with Crippen molar-refractivity contribution < 1.29 is 19.0 Å². The number of methoxy groups -OCH3 is 1. The third-order valence-corrected chi connectivity index (χ3v) is 7.68. The van der Waals surface area contributed by atoms with E-state index in [4.69, 9.17) is 19.2 Å². The molecule has 1 aromatic heterocycles. The molecule has 2 heterocycles. The normalized spacial score (nSPS) is 14.6. The van der Waals surface area contributed by atoms with Crippen molar-refractivity contribution >= 4 is 23.0 Å². The first kappa shape index (κ1) is 29.2. The molecule has 218 valence electrons. The first-order valence-corrected chi connectivity index (χ1v) is 14.5. The maximum Gasteiger partial charge on any atom is 0.272 e. The van der Waals surface area contributed by atoms with Gasteiger partial charge in [-0.2, -0.15) is 5.10 Å². The summed E-state index contributed by atoms with van der Waals surface area (Å²) in [6, 6.07) is 23.5. The minimum Gasteiger partial charge on any atom is -0.493 e. The Bertz CT molecular complexity index is 1530. The molecule has 42 heavy (non-hydrogen) atoms. The van der Waals surface area contributed by atoms with E-state index in [0.717, 1.165) is 67.0 Å². The van der Waals surface area contributed by atoms with Gasteiger partial charge in [0.25, 0.3) is 5.91 Å². The van der Waals surface area contributed by atoms with Crippen molar-refractivity contribution in [3.05, 3.63) is 89.5 Å². The van der Waals surface area contributed by atoms with Crippen LogP contribution in [-0.2, 0) is 4.74 Å². The highest BCUT2D eigenvalue weighted by Gasteiger charge is 2.15. The number of amides is 1. The van der Waals surface area contributed by atoms with Crippen molar-refractivity contribution in [2.75, 3.05) is 46.6 Å². The van der Waals surface area contributed by atoms with Gasteiger partial charge in [0.1, 0.15) is 6.61 Å². The number of rotatable bonds is 11. The quantitative estimate of drug-likeness (QED) is 0.180. The van der Waals surface area contributed by atoms with Crippen LogP contribution in [-0.4, -0.2) is 68.6 Å². The Morgan fingerprint density at radius 3 is 2.62 bits per heavy atom. The lowest BCUT2D eigenvalue weighted by Crippen LogP contribution is -2.38. The number of carbonyl (C=O) groups excluding carboxylic acids is 1. The van der Waals surface area contributed by atoms with Crippen LogP contribution in [0.15, 0.2) is 77.9 Å². The number of morpholine rings is 1. The summed E-state index contributed by atoms with van der Waals surface area (Å²) in [5.41, 5.74) is 7.72. The fourth-order valence-electron chi connectivity index (χ4n) is 4.95. The zero-order chi connectivity index (χ0) is 29.3. The molecule has 1 saturated heterocycles. The van der Waals surface area contributed by atoms with Crippen molar-refractivity contribution in [3.8, 4) is 22.8 Å². The number of nitrogens with zero attached hydrogens (tertiary/aromatic N) is 3. The molecule has 1 amide bonds. The smallest absolute Gasteiger partial charge is 0.272 e. The largest absolute Gasteiger partial charge is 0.493 e. The zero-order valence-corrected chi connectivity index (χ0v) is 24.5. The molecular weight excluding hydrogens is 528 g/mol. The predicted molar refractivity (Wildman–Crippen MR) is 167 cm³/mol. The number of hydrazone groups is 1. The van der Waals surface area contributed by atoms with E-state index < -0.39 is 0 Å². The van der Waals surface area contributed by atoms with E-state index in [1.54, 1.807) is 13.3 Å². The lowest BCUT2D eigenvalue weighted by Gasteiger charge is -2.26. The first-order chi connectivity index (χ1) is 20.6. The lowest BCUT2D eigenvalue weighted by molar-refractivity contribution is 0.0321. The average Bonchev–Trinajstić information content (AvgIpc) is 3.04. The van der Waals surface area contributed by atoms with Gasteiger partial charge in [-0.05, 0) is 53.8 Å². The third kappa shape index (κ3) is 7.13. The van der Waals surface area contributed by atoms with Crippen molar-refractivity contribution in [2.45, 2.75) is 26.2 Å². The minimum absolute atomic E-state index is 0.308. The van der Waals surface area contributed by atoms with Gasteiger partial charge in [0.15, 0.2) is 11.5 Å². The average molecular weight is 567 g/mol. The van der Waals surface area contributed by atoms with Crippen molar-refractivity contribution in [3.63, 3.8) is 0 Å². The van der Waals surface area contributed by atoms with Crippen LogP contribution < -0.4 is 14.9 Å². The topological polar surface area (TPSA) is 85.3 Å². The number of pyridine rings is 1. The maximum absolute atomic E-state index is 13.3. The van der Waals surface area contributed by atoms with Gasteiger partial charge in [0, 0.05) is 30.6 Å². The molecule has 1 unspecified atom stereocenters. The van der Waals surface area contributed by atoms with Gasteiger partial charge in [-0.1, -0.05) is 56.3 Å². The highest BCUT2D eigenvalue weighted by molar-refractivity contribution is 6.07. The molecule has 0 saturated carbocycles. The number of hydrogen-bond donors (Lipinski definition) is 1. The van der Waals surface area contributed by atoms with Crippen LogP contribution in [0.3, 0.4) is 0 Å². The van der Waals surface area contributed by atoms with Crippen LogP contribution in [0.5, 0.6) is 11.5 Å². The summed E-state index contributed by atoms with van der Waals surface area (Å²) < 4.78 is 16.9. The second-order valence-electron chi connectivity index (χ2n) is 10.4. The number of aromatic nitrogens is 1. The molecule has 1 aliphatic rings. The summed E-state index contributed by atoms with van der Waals surface area (Å²) >= 11 is 0. The van der Waals surface area contributed by atoms with E-state index in [1.807, 2.05) is 48.5 Å². The van der Waals surface area contributed by atoms with E-state index >= 15 is 0 Å². The van der Waals surface area contributed by atoms with Crippen LogP contribution in [0.1, 0.15) is 47.7 Å². The minimum atomic E-state index is -0.308. The molecule has 0 radical (unpaired) electrons. The number of carbonyl (C=O) groups is 1. The zero-order valence-electron chi connectivity index (χ0n) is 24.5. The second kappa shape index (κ2) is 14.1. The SMILES string of the molecule is CCC(C)c1ccc(-c2cc(C(=O)NN=Cc3ccc(OCCN4CCOCC4)c(OC)c3)c3ccccc3n2)cc1. The molecule has 5 rings (SSSR count). The van der Waals surface area contributed by atoms with E-state index in [-0.39, 0.29) is 5.91 Å². The number of hydrogen-bond acceptors (Lipinski definition) is 7. The summed E-state index contributed by atoms with van der Waals surface area (Å²) in [5.74, 6) is 1.46. The van der Waals surface area contributed by atoms with Crippen molar-refractivity contribution in [2.24, 2.45) is 5.10 Å². The highest BCUT2D eigenvalue weighted by atomic mass is 16.5. The predicted octanol–water partition coefficient (Wildman–Crippen LogP) is 5.90. The summed E-state index contributed by atoms with van der Waals surface area (Å²) in [6.45, 7) is 9.16. The first-order valence-electron chi connectivity index (χ1n) is 14.5. The Balaban J connectivity index is 1.28. The number of ether oxygens (including phenoxy) is 3. The Morgan fingerprint density at radius 1 is 1.07 bits per heavy atom. The molecule has 0 spiro atoms. The monoisotopic (exact) mass is 566 g/mol. The Kier molecular flexibility index (Phi) is 9.79. The number of nitrogens with one attached hydrogen (secondary N) is 1. The van der Waals surface area contributed by atoms with Gasteiger partial charge in [-0.3, -0.25) is 9.69 Å². The fraction of sp³-hybridized carbons (Fsp3) is 0.324. The van der Waals surface area contributed by atoms with Crippen LogP contribution in [0.4, 0.5) is 0 Å². The van der Waals surface area contributed by atoms with Crippen molar-refractivity contribution in [1.29, 1.82) is 0 Å². The van der Waals surface area contributed by atoms with E-state index in [0.29, 0.717) is 29.6 Å². The standard InChI is InChI=1S/C34H38N4O4/c1-4-24(2)26-10-12-27(13-11-26)31-22-29(28-7-5-6-8-30(28)36-31)34(39)37-35-23-25-9-14-32(33(21-25)40-3)42-20-17-38-15-18-41-19-16-38/h5-14,21-24H,4,15-20H2,1-3H3,(H,37,39). The molecule has 8 nitrogen and oxygen atoms in total. The number of benzene rings is 3. The molecule has 1 atom stereocenters. The summed E-state index contributed by atoms with van der Waals surface area (Å²) in [5, 5.41) is 5.01. The third-order valence-electron chi connectivity index (χ3n) is 7.68. The maximum atomic E-state index is 13.3. The molecule has 1 aliphatic heterocycles. The van der Waals surface area contributed by atoms with Crippen LogP contribution in [0.2, 0.25) is 0 Å². The van der Waals surface area contributed by atoms with Gasteiger partial charge in [-0.15, -0.1) is 0 Å². The van der Waals surface area contributed by atoms with Gasteiger partial charge >= 0.3 is 0 Å². The van der Waals surface area contributed by atoms with Gasteiger partial charge in [-0.25, -0.2) is 10.4 Å². The molecule has 1 N–H and O–H groups in total. The summed E-state index contributed by atoms with van der Waals surface area (Å²) in [4.78, 5) is 20.5. The fourth-order valence-corrected chi connectivity index (χ4v) is 4.95. The van der Waals surface area contributed by atoms with E-state index in [9.17, 15) is 4.79 Å². The van der Waals surface area contributed by atoms with Gasteiger partial charge in [0.05, 0.1) is 43.3 Å². The lowest BCUT2D eigenvalue weighted by atomic mass is 9.96. The Morgan fingerprint density at radius 2 is 1.86 bits per heavy atom. The number of para-hydroxylation sites is 1. The Labute approximate surface area is 247 Å². The molecular formula is C34H38N4O4. The molecule has 1 fully saturated rings. The molecule has 4 aromatic rings. The molecule has 0 aliphatic carbocycles. The molecule has 0 bridgehead atoms. The van der Waals surface area contributed by atoms with Crippen LogP contribution >= 0.6 is 0 Å². The summed E-state index contributed by atoms with van der Waals surface area (Å²) in [6.07, 6.45) is 2.67. The van der Waals surface area contributed by atoms with Crippen LogP contribution in [0, 0.1) is 0 Å². The second-order valence-corrected chi connectivity index (χ2v) is 10.4. The van der Waals surface area contributed by atoms with Crippen molar-refractivity contribution in [1.82, 2.24) is 15.3 Å². The van der Waals surface area contributed by atoms with E-state index in [1.165, 1.54) is 5.56 Å². The van der Waals surface area contributed by atoms with Crippen LogP contribution in [0.25, 0.3) is 22.2 Å². The highest BCUT2D eigenvalue weighted by Crippen LogP contribution is 2.29. The van der Waals surface area contributed by atoms with E-state index in [2.05, 4.69) is 53.5 Å². The molecule has 8 heteroatoms. The molecule has 3 aromatic carbocycles. The number of fused-ring (bicyclic) bond motifs is 1. The van der Waals surface area contributed by atoms with Gasteiger partial charge < -0.3 is 14.2 Å². The summed E-state index contributed by atoms with van der Waals surface area (Å²) in [7, 11) is 1.61. The Hall–Kier alpha value is -4.27. The van der Waals surface area contributed by atoms with Gasteiger partial charge in [0.2, 0.25) is 0 Å².